The Hall–Kier alpha value is -0.490. The van der Waals surface area contributed by atoms with Gasteiger partial charge in [0.1, 0.15) is 0 Å². The smallest absolute Gasteiger partial charge is 0.0513 e. The molecule has 1 aromatic heterocycles. The zero-order chi connectivity index (χ0) is 8.72. The normalized spacial score (nSPS) is 10.8. The number of anilines is 2. The van der Waals surface area contributed by atoms with Crippen molar-refractivity contribution in [3.63, 3.8) is 0 Å². The molecule has 0 radical (unpaired) electrons. The molecule has 2 aromatic rings. The van der Waals surface area contributed by atoms with Gasteiger partial charge in [-0.3, -0.25) is 0 Å². The van der Waals surface area contributed by atoms with E-state index in [1.165, 1.54) is 0 Å². The van der Waals surface area contributed by atoms with Crippen LogP contribution in [0.25, 0.3) is 10.1 Å². The summed E-state index contributed by atoms with van der Waals surface area (Å²) in [6.07, 6.45) is 0. The fourth-order valence-corrected chi connectivity index (χ4v) is 3.23. The Bertz CT molecular complexity index is 436. The molecule has 0 aliphatic carbocycles. The van der Waals surface area contributed by atoms with Crippen LogP contribution in [0.15, 0.2) is 17.5 Å². The Morgan fingerprint density at radius 3 is 2.75 bits per heavy atom. The molecule has 0 aliphatic rings. The van der Waals surface area contributed by atoms with Gasteiger partial charge in [-0.2, -0.15) is 0 Å². The summed E-state index contributed by atoms with van der Waals surface area (Å²) in [6, 6.07) is 3.89. The molecule has 1 aromatic carbocycles. The van der Waals surface area contributed by atoms with E-state index in [0.29, 0.717) is 0 Å². The van der Waals surface area contributed by atoms with Crippen molar-refractivity contribution in [1.29, 1.82) is 0 Å². The average molecular weight is 290 g/mol. The standard InChI is InChI=1S/C8H7IN2S/c9-5-1-4(10)2-7-8(5)6(11)3-12-7/h1-3H,10-11H2. The summed E-state index contributed by atoms with van der Waals surface area (Å²) in [5, 5.41) is 3.08. The van der Waals surface area contributed by atoms with Gasteiger partial charge < -0.3 is 11.5 Å². The molecule has 0 bridgehead atoms. The second-order valence-corrected chi connectivity index (χ2v) is 4.64. The first-order chi connectivity index (χ1) is 5.68. The van der Waals surface area contributed by atoms with Gasteiger partial charge >= 0.3 is 0 Å². The molecular formula is C8H7IN2S. The number of benzene rings is 1. The molecular weight excluding hydrogens is 283 g/mol. The number of nitrogen functional groups attached to an aromatic ring is 2. The number of fused-ring (bicyclic) bond motifs is 1. The van der Waals surface area contributed by atoms with Crippen molar-refractivity contribution in [3.8, 4) is 0 Å². The van der Waals surface area contributed by atoms with E-state index >= 15 is 0 Å². The van der Waals surface area contributed by atoms with Crippen LogP contribution >= 0.6 is 33.9 Å². The number of halogens is 1. The summed E-state index contributed by atoms with van der Waals surface area (Å²) in [7, 11) is 0. The summed E-state index contributed by atoms with van der Waals surface area (Å²) in [5.41, 5.74) is 13.1. The molecule has 0 amide bonds. The quantitative estimate of drug-likeness (QED) is 0.579. The third-order valence-electron chi connectivity index (χ3n) is 1.68. The lowest BCUT2D eigenvalue weighted by Gasteiger charge is -1.98. The second-order valence-electron chi connectivity index (χ2n) is 2.57. The van der Waals surface area contributed by atoms with E-state index < -0.39 is 0 Å². The van der Waals surface area contributed by atoms with Gasteiger partial charge in [-0.1, -0.05) is 0 Å². The SMILES string of the molecule is Nc1cc(I)c2c(N)csc2c1. The zero-order valence-corrected chi connectivity index (χ0v) is 9.15. The van der Waals surface area contributed by atoms with E-state index in [4.69, 9.17) is 11.5 Å². The monoisotopic (exact) mass is 290 g/mol. The van der Waals surface area contributed by atoms with Crippen molar-refractivity contribution in [3.05, 3.63) is 21.1 Å². The van der Waals surface area contributed by atoms with Crippen LogP contribution in [0.5, 0.6) is 0 Å². The van der Waals surface area contributed by atoms with Crippen molar-refractivity contribution in [2.75, 3.05) is 11.5 Å². The Labute approximate surface area is 87.7 Å². The minimum atomic E-state index is 0.800. The molecule has 62 valence electrons. The third-order valence-corrected chi connectivity index (χ3v) is 3.48. The van der Waals surface area contributed by atoms with Crippen LogP contribution in [0.4, 0.5) is 11.4 Å². The minimum Gasteiger partial charge on any atom is -0.399 e. The highest BCUT2D eigenvalue weighted by Crippen LogP contribution is 2.33. The van der Waals surface area contributed by atoms with Gasteiger partial charge in [0, 0.05) is 24.7 Å². The molecule has 0 unspecified atom stereocenters. The lowest BCUT2D eigenvalue weighted by atomic mass is 10.2. The Morgan fingerprint density at radius 2 is 2.00 bits per heavy atom. The number of rotatable bonds is 0. The molecule has 2 rings (SSSR count). The van der Waals surface area contributed by atoms with Crippen molar-refractivity contribution < 1.29 is 0 Å². The second kappa shape index (κ2) is 2.77. The third kappa shape index (κ3) is 1.15. The summed E-state index contributed by atoms with van der Waals surface area (Å²) in [4.78, 5) is 0. The van der Waals surface area contributed by atoms with Gasteiger partial charge in [0.2, 0.25) is 0 Å². The van der Waals surface area contributed by atoms with E-state index in [2.05, 4.69) is 22.6 Å². The molecule has 0 fully saturated rings. The fraction of sp³-hybridized carbons (Fsp3) is 0. The van der Waals surface area contributed by atoms with E-state index in [-0.39, 0.29) is 0 Å². The molecule has 0 saturated heterocycles. The molecule has 4 heteroatoms. The first kappa shape index (κ1) is 8.12. The van der Waals surface area contributed by atoms with E-state index in [1.807, 2.05) is 17.5 Å². The highest BCUT2D eigenvalue weighted by Gasteiger charge is 2.05. The van der Waals surface area contributed by atoms with Crippen molar-refractivity contribution in [1.82, 2.24) is 0 Å². The molecule has 1 heterocycles. The van der Waals surface area contributed by atoms with Crippen LogP contribution in [-0.4, -0.2) is 0 Å². The number of hydrogen-bond acceptors (Lipinski definition) is 3. The average Bonchev–Trinajstić information content (AvgIpc) is 2.31. The maximum Gasteiger partial charge on any atom is 0.0513 e. The summed E-state index contributed by atoms with van der Waals surface area (Å²) >= 11 is 3.89. The maximum atomic E-state index is 5.79. The Balaban J connectivity index is 2.93. The van der Waals surface area contributed by atoms with Gasteiger partial charge in [-0.15, -0.1) is 11.3 Å². The lowest BCUT2D eigenvalue weighted by Crippen LogP contribution is -1.87. The van der Waals surface area contributed by atoms with Gasteiger partial charge in [0.15, 0.2) is 0 Å². The van der Waals surface area contributed by atoms with Crippen molar-refractivity contribution >= 4 is 55.4 Å². The van der Waals surface area contributed by atoms with Gasteiger partial charge in [-0.25, -0.2) is 0 Å². The number of nitrogens with two attached hydrogens (primary N) is 2. The summed E-state index contributed by atoms with van der Waals surface area (Å²) in [6.45, 7) is 0. The number of thiophene rings is 1. The van der Waals surface area contributed by atoms with E-state index in [0.717, 1.165) is 25.0 Å². The largest absolute Gasteiger partial charge is 0.399 e. The molecule has 12 heavy (non-hydrogen) atoms. The maximum absolute atomic E-state index is 5.79. The highest BCUT2D eigenvalue weighted by molar-refractivity contribution is 14.1. The van der Waals surface area contributed by atoms with Gasteiger partial charge in [0.05, 0.1) is 5.69 Å². The first-order valence-electron chi connectivity index (χ1n) is 3.40. The number of hydrogen-bond donors (Lipinski definition) is 2. The van der Waals surface area contributed by atoms with Crippen molar-refractivity contribution in [2.24, 2.45) is 0 Å². The van der Waals surface area contributed by atoms with Crippen LogP contribution in [0.3, 0.4) is 0 Å². The highest BCUT2D eigenvalue weighted by atomic mass is 127. The van der Waals surface area contributed by atoms with Crippen molar-refractivity contribution in [2.45, 2.75) is 0 Å². The molecule has 2 nitrogen and oxygen atoms in total. The zero-order valence-electron chi connectivity index (χ0n) is 6.17. The Morgan fingerprint density at radius 1 is 1.25 bits per heavy atom. The van der Waals surface area contributed by atoms with Crippen LogP contribution in [0.1, 0.15) is 0 Å². The van der Waals surface area contributed by atoms with Gasteiger partial charge in [0.25, 0.3) is 0 Å². The van der Waals surface area contributed by atoms with Crippen LogP contribution in [0.2, 0.25) is 0 Å². The Kier molecular flexibility index (Phi) is 1.88. The molecule has 0 atom stereocenters. The van der Waals surface area contributed by atoms with E-state index in [9.17, 15) is 0 Å². The van der Waals surface area contributed by atoms with Crippen LogP contribution in [-0.2, 0) is 0 Å². The molecule has 0 aliphatic heterocycles. The van der Waals surface area contributed by atoms with Crippen LogP contribution < -0.4 is 11.5 Å². The predicted octanol–water partition coefficient (Wildman–Crippen LogP) is 2.67. The van der Waals surface area contributed by atoms with E-state index in [1.54, 1.807) is 11.3 Å². The summed E-state index contributed by atoms with van der Waals surface area (Å²) < 4.78 is 2.29. The molecule has 0 spiro atoms. The predicted molar refractivity (Wildman–Crippen MR) is 63.4 cm³/mol. The summed E-state index contributed by atoms with van der Waals surface area (Å²) in [5.74, 6) is 0. The van der Waals surface area contributed by atoms with Gasteiger partial charge in [-0.05, 0) is 34.7 Å². The molecule has 0 saturated carbocycles. The fourth-order valence-electron chi connectivity index (χ4n) is 1.16. The molecule has 4 N–H and O–H groups in total. The lowest BCUT2D eigenvalue weighted by molar-refractivity contribution is 1.73. The first-order valence-corrected chi connectivity index (χ1v) is 5.36. The topological polar surface area (TPSA) is 52.0 Å². The van der Waals surface area contributed by atoms with Crippen LogP contribution in [0, 0.1) is 3.57 Å². The minimum absolute atomic E-state index is 0.800.